The third kappa shape index (κ3) is 2.88. The van der Waals surface area contributed by atoms with Gasteiger partial charge in [0.05, 0.1) is 11.2 Å². The predicted molar refractivity (Wildman–Crippen MR) is 91.0 cm³/mol. The molecule has 6 nitrogen and oxygen atoms in total. The van der Waals surface area contributed by atoms with E-state index in [4.69, 9.17) is 0 Å². The number of fused-ring (bicyclic) bond motifs is 1. The molecule has 0 aliphatic heterocycles. The van der Waals surface area contributed by atoms with Gasteiger partial charge in [0.2, 0.25) is 0 Å². The number of nitrogens with one attached hydrogen (secondary N) is 1. The van der Waals surface area contributed by atoms with Crippen molar-refractivity contribution in [2.24, 2.45) is 0 Å². The van der Waals surface area contributed by atoms with Crippen molar-refractivity contribution in [3.63, 3.8) is 0 Å². The van der Waals surface area contributed by atoms with Crippen LogP contribution in [0.3, 0.4) is 0 Å². The summed E-state index contributed by atoms with van der Waals surface area (Å²) in [5, 5.41) is 8.42. The molecule has 118 valence electrons. The third-order valence-corrected chi connectivity index (χ3v) is 3.60. The van der Waals surface area contributed by atoms with Crippen LogP contribution >= 0.6 is 0 Å². The molecule has 0 spiro atoms. The van der Waals surface area contributed by atoms with Gasteiger partial charge in [0.25, 0.3) is 0 Å². The van der Waals surface area contributed by atoms with Crippen molar-refractivity contribution >= 4 is 22.8 Å². The molecule has 23 heavy (non-hydrogen) atoms. The van der Waals surface area contributed by atoms with Gasteiger partial charge in [-0.3, -0.25) is 5.32 Å². The number of anilines is 1. The van der Waals surface area contributed by atoms with E-state index < -0.39 is 0 Å². The van der Waals surface area contributed by atoms with Gasteiger partial charge in [-0.15, -0.1) is 0 Å². The lowest BCUT2D eigenvalue weighted by Gasteiger charge is -2.13. The van der Waals surface area contributed by atoms with Gasteiger partial charge in [0.1, 0.15) is 5.82 Å². The summed E-state index contributed by atoms with van der Waals surface area (Å²) in [5.41, 5.74) is 2.83. The van der Waals surface area contributed by atoms with Crippen molar-refractivity contribution in [2.75, 3.05) is 19.4 Å². The van der Waals surface area contributed by atoms with E-state index in [1.165, 1.54) is 4.90 Å². The smallest absolute Gasteiger partial charge is 0.322 e. The number of benzene rings is 1. The van der Waals surface area contributed by atoms with Crippen molar-refractivity contribution in [2.45, 2.75) is 13.8 Å². The molecule has 0 aliphatic carbocycles. The molecule has 0 aliphatic rings. The first-order valence-corrected chi connectivity index (χ1v) is 7.37. The Labute approximate surface area is 134 Å². The maximum absolute atomic E-state index is 11.9. The number of carbonyl (C=O) groups is 1. The van der Waals surface area contributed by atoms with Gasteiger partial charge >= 0.3 is 6.03 Å². The normalized spacial score (nSPS) is 10.8. The first kappa shape index (κ1) is 15.0. The highest BCUT2D eigenvalue weighted by atomic mass is 16.2. The zero-order valence-electron chi connectivity index (χ0n) is 13.7. The maximum Gasteiger partial charge on any atom is 0.322 e. The first-order valence-electron chi connectivity index (χ1n) is 7.37. The first-order chi connectivity index (χ1) is 11.0. The van der Waals surface area contributed by atoms with Crippen LogP contribution < -0.4 is 5.32 Å². The zero-order chi connectivity index (χ0) is 16.6. The minimum absolute atomic E-state index is 0.205. The minimum Gasteiger partial charge on any atom is -0.331 e. The Bertz CT molecular complexity index is 882. The van der Waals surface area contributed by atoms with Crippen LogP contribution in [0.1, 0.15) is 11.3 Å². The summed E-state index contributed by atoms with van der Waals surface area (Å²) >= 11 is 0. The second kappa shape index (κ2) is 5.72. The molecule has 2 amide bonds. The van der Waals surface area contributed by atoms with Gasteiger partial charge in [0, 0.05) is 25.5 Å². The van der Waals surface area contributed by atoms with Gasteiger partial charge in [-0.05, 0) is 31.5 Å². The molecule has 2 heterocycles. The Morgan fingerprint density at radius 1 is 1.17 bits per heavy atom. The van der Waals surface area contributed by atoms with Crippen LogP contribution in [0.25, 0.3) is 16.7 Å². The number of pyridine rings is 1. The van der Waals surface area contributed by atoms with E-state index in [0.717, 1.165) is 22.2 Å². The van der Waals surface area contributed by atoms with Crippen LogP contribution in [-0.4, -0.2) is 39.8 Å². The molecular formula is C17H19N5O. The highest BCUT2D eigenvalue weighted by molar-refractivity contribution is 5.88. The molecule has 0 saturated carbocycles. The van der Waals surface area contributed by atoms with Gasteiger partial charge in [-0.1, -0.05) is 18.2 Å². The highest BCUT2D eigenvalue weighted by Crippen LogP contribution is 2.22. The molecule has 0 bridgehead atoms. The van der Waals surface area contributed by atoms with Gasteiger partial charge in [-0.25, -0.2) is 9.78 Å². The SMILES string of the molecule is Cc1cc(NC(=O)N(C)C)n(-c2cc(C)c3ccccc3n2)n1. The molecular weight excluding hydrogens is 290 g/mol. The average molecular weight is 309 g/mol. The monoisotopic (exact) mass is 309 g/mol. The van der Waals surface area contributed by atoms with E-state index >= 15 is 0 Å². The Balaban J connectivity index is 2.10. The summed E-state index contributed by atoms with van der Waals surface area (Å²) in [6, 6.07) is 11.6. The quantitative estimate of drug-likeness (QED) is 0.791. The number of rotatable bonds is 2. The molecule has 2 aromatic heterocycles. The fourth-order valence-corrected chi connectivity index (χ4v) is 2.42. The third-order valence-electron chi connectivity index (χ3n) is 3.60. The minimum atomic E-state index is -0.205. The van der Waals surface area contributed by atoms with Crippen molar-refractivity contribution < 1.29 is 4.79 Å². The largest absolute Gasteiger partial charge is 0.331 e. The van der Waals surface area contributed by atoms with Crippen LogP contribution in [0.15, 0.2) is 36.4 Å². The summed E-state index contributed by atoms with van der Waals surface area (Å²) in [7, 11) is 3.39. The molecule has 0 unspecified atom stereocenters. The number of nitrogens with zero attached hydrogens (tertiary/aromatic N) is 4. The standard InChI is InChI=1S/C17H19N5O/c1-11-9-15(18-14-8-6-5-7-13(11)14)22-16(10-12(2)20-22)19-17(23)21(3)4/h5-10H,1-4H3,(H,19,23). The van der Waals surface area contributed by atoms with Gasteiger partial charge < -0.3 is 4.90 Å². The van der Waals surface area contributed by atoms with Crippen molar-refractivity contribution in [1.82, 2.24) is 19.7 Å². The van der Waals surface area contributed by atoms with Crippen LogP contribution in [0.5, 0.6) is 0 Å². The molecule has 6 heteroatoms. The summed E-state index contributed by atoms with van der Waals surface area (Å²) < 4.78 is 1.66. The summed E-state index contributed by atoms with van der Waals surface area (Å²) in [5.74, 6) is 1.28. The maximum atomic E-state index is 11.9. The van der Waals surface area contributed by atoms with Crippen LogP contribution in [0, 0.1) is 13.8 Å². The number of aromatic nitrogens is 3. The molecule has 1 N–H and O–H groups in total. The molecule has 0 fully saturated rings. The summed E-state index contributed by atoms with van der Waals surface area (Å²) in [6.45, 7) is 3.93. The number of para-hydroxylation sites is 1. The van der Waals surface area contributed by atoms with Crippen molar-refractivity contribution in [3.05, 3.63) is 47.7 Å². The average Bonchev–Trinajstić information content (AvgIpc) is 2.87. The Kier molecular flexibility index (Phi) is 3.73. The molecule has 0 atom stereocenters. The number of aryl methyl sites for hydroxylation is 2. The lowest BCUT2D eigenvalue weighted by molar-refractivity contribution is 0.230. The van der Waals surface area contributed by atoms with Crippen molar-refractivity contribution in [3.8, 4) is 5.82 Å². The lowest BCUT2D eigenvalue weighted by Crippen LogP contribution is -2.28. The topological polar surface area (TPSA) is 63.1 Å². The lowest BCUT2D eigenvalue weighted by atomic mass is 10.1. The van der Waals surface area contributed by atoms with E-state index in [2.05, 4.69) is 15.4 Å². The molecule has 0 radical (unpaired) electrons. The highest BCUT2D eigenvalue weighted by Gasteiger charge is 2.14. The van der Waals surface area contributed by atoms with Crippen molar-refractivity contribution in [1.29, 1.82) is 0 Å². The van der Waals surface area contributed by atoms with Gasteiger partial charge in [-0.2, -0.15) is 9.78 Å². The van der Waals surface area contributed by atoms with Gasteiger partial charge in [0.15, 0.2) is 5.82 Å². The molecule has 0 saturated heterocycles. The Morgan fingerprint density at radius 2 is 1.91 bits per heavy atom. The van der Waals surface area contributed by atoms with E-state index in [9.17, 15) is 4.79 Å². The molecule has 1 aromatic carbocycles. The van der Waals surface area contributed by atoms with E-state index in [-0.39, 0.29) is 6.03 Å². The predicted octanol–water partition coefficient (Wildman–Crippen LogP) is 3.13. The summed E-state index contributed by atoms with van der Waals surface area (Å²) in [6.07, 6.45) is 0. The fourth-order valence-electron chi connectivity index (χ4n) is 2.42. The second-order valence-corrected chi connectivity index (χ2v) is 5.72. The van der Waals surface area contributed by atoms with Crippen LogP contribution in [0.4, 0.5) is 10.6 Å². The fraction of sp³-hybridized carbons (Fsp3) is 0.235. The Morgan fingerprint density at radius 3 is 2.65 bits per heavy atom. The molecule has 3 aromatic rings. The van der Waals surface area contributed by atoms with E-state index in [0.29, 0.717) is 11.6 Å². The molecule has 3 rings (SSSR count). The van der Waals surface area contributed by atoms with E-state index in [1.54, 1.807) is 18.8 Å². The second-order valence-electron chi connectivity index (χ2n) is 5.72. The number of hydrogen-bond acceptors (Lipinski definition) is 3. The van der Waals surface area contributed by atoms with E-state index in [1.807, 2.05) is 50.2 Å². The number of hydrogen-bond donors (Lipinski definition) is 1. The number of carbonyl (C=O) groups excluding carboxylic acids is 1. The summed E-state index contributed by atoms with van der Waals surface area (Å²) in [4.78, 5) is 18.1. The number of urea groups is 1. The zero-order valence-corrected chi connectivity index (χ0v) is 13.7. The van der Waals surface area contributed by atoms with Crippen LogP contribution in [0.2, 0.25) is 0 Å². The van der Waals surface area contributed by atoms with Crippen LogP contribution in [-0.2, 0) is 0 Å². The Hall–Kier alpha value is -2.89. The number of amides is 2.